The summed E-state index contributed by atoms with van der Waals surface area (Å²) in [6.07, 6.45) is 7.41. The molecule has 1 saturated heterocycles. The van der Waals surface area contributed by atoms with E-state index in [1.807, 2.05) is 34.8 Å². The van der Waals surface area contributed by atoms with Crippen LogP contribution >= 0.6 is 0 Å². The monoisotopic (exact) mass is 505 g/mol. The fourth-order valence-corrected chi connectivity index (χ4v) is 5.28. The number of rotatable bonds is 8. The lowest BCUT2D eigenvalue weighted by atomic mass is 9.87. The van der Waals surface area contributed by atoms with Crippen LogP contribution in [0.5, 0.6) is 5.75 Å². The third-order valence-corrected chi connectivity index (χ3v) is 7.27. The van der Waals surface area contributed by atoms with Crippen LogP contribution in [0, 0.1) is 5.92 Å². The highest BCUT2D eigenvalue weighted by molar-refractivity contribution is 5.78. The molecular weight excluding hydrogens is 470 g/mol. The summed E-state index contributed by atoms with van der Waals surface area (Å²) in [5.41, 5.74) is 4.63. The largest absolute Gasteiger partial charge is 0.496 e. The Balaban J connectivity index is 1.39. The van der Waals surface area contributed by atoms with E-state index < -0.39 is 6.10 Å². The molecule has 1 fully saturated rings. The first-order chi connectivity index (χ1) is 18.0. The van der Waals surface area contributed by atoms with Crippen LogP contribution < -0.4 is 10.1 Å². The summed E-state index contributed by atoms with van der Waals surface area (Å²) in [6.45, 7) is 4.25. The van der Waals surface area contributed by atoms with E-state index in [9.17, 15) is 10.2 Å². The van der Waals surface area contributed by atoms with E-state index in [2.05, 4.69) is 34.3 Å². The van der Waals surface area contributed by atoms with Gasteiger partial charge in [0.1, 0.15) is 11.5 Å². The maximum absolute atomic E-state index is 10.7. The Labute approximate surface area is 217 Å². The number of allylic oxidation sites excluding steroid dienone is 3. The van der Waals surface area contributed by atoms with Crippen LogP contribution in [-0.4, -0.2) is 76.3 Å². The van der Waals surface area contributed by atoms with Gasteiger partial charge in [-0.1, -0.05) is 19.1 Å². The number of hydrogen-bond acceptors (Lipinski definition) is 8. The lowest BCUT2D eigenvalue weighted by Crippen LogP contribution is -2.43. The second-order valence-corrected chi connectivity index (χ2v) is 9.77. The van der Waals surface area contributed by atoms with E-state index in [1.165, 1.54) is 0 Å². The Morgan fingerprint density at radius 2 is 2.03 bits per heavy atom. The third-order valence-electron chi connectivity index (χ3n) is 7.27. The molecule has 0 spiro atoms. The molecule has 0 amide bonds. The molecule has 0 bridgehead atoms. The second-order valence-electron chi connectivity index (χ2n) is 9.77. The summed E-state index contributed by atoms with van der Waals surface area (Å²) < 4.78 is 13.2. The lowest BCUT2D eigenvalue weighted by Gasteiger charge is -2.36. The van der Waals surface area contributed by atoms with Gasteiger partial charge in [-0.2, -0.15) is 0 Å². The van der Waals surface area contributed by atoms with Gasteiger partial charge in [-0.3, -0.25) is 4.90 Å². The number of hydrogen-bond donors (Lipinski definition) is 3. The van der Waals surface area contributed by atoms with Crippen LogP contribution in [0.1, 0.15) is 36.9 Å². The molecule has 3 atom stereocenters. The van der Waals surface area contributed by atoms with Gasteiger partial charge in [0.2, 0.25) is 5.95 Å². The van der Waals surface area contributed by atoms with E-state index in [1.54, 1.807) is 20.4 Å². The van der Waals surface area contributed by atoms with Gasteiger partial charge in [0.05, 0.1) is 50.0 Å². The number of likely N-dealkylation sites (tertiary alicyclic amines) is 1. The first-order valence-corrected chi connectivity index (χ1v) is 12.8. The summed E-state index contributed by atoms with van der Waals surface area (Å²) in [7, 11) is 3.33. The molecule has 0 radical (unpaired) electrons. The molecule has 37 heavy (non-hydrogen) atoms. The number of aliphatic hydroxyl groups excluding tert-OH is 2. The van der Waals surface area contributed by atoms with Gasteiger partial charge in [-0.25, -0.2) is 9.50 Å². The van der Waals surface area contributed by atoms with Crippen LogP contribution in [-0.2, 0) is 4.74 Å². The molecule has 2 aliphatic rings. The number of benzene rings is 1. The highest BCUT2D eigenvalue weighted by Crippen LogP contribution is 2.35. The number of piperidine rings is 1. The predicted octanol–water partition coefficient (Wildman–Crippen LogP) is 3.58. The average Bonchev–Trinajstić information content (AvgIpc) is 3.32. The number of β-amino-alcohol motifs (C(OH)–C–C–N with tert-alkyl or cyclic N) is 2. The average molecular weight is 506 g/mol. The molecule has 9 nitrogen and oxygen atoms in total. The SMILES string of the molecule is COC1=CC(C)CC=C1c1ccc2cnc(Nc3ccc(C4CCN(CCO)C[C@@H]4O)cc3OC)nn12. The zero-order valence-corrected chi connectivity index (χ0v) is 21.6. The number of aliphatic hydroxyl groups is 2. The fraction of sp³-hybridized carbons (Fsp3) is 0.429. The maximum Gasteiger partial charge on any atom is 0.245 e. The number of fused-ring (bicyclic) bond motifs is 1. The Kier molecular flexibility index (Phi) is 7.45. The van der Waals surface area contributed by atoms with Gasteiger partial charge in [0, 0.05) is 24.6 Å². The van der Waals surface area contributed by atoms with Crippen LogP contribution in [0.15, 0.2) is 54.4 Å². The summed E-state index contributed by atoms with van der Waals surface area (Å²) >= 11 is 0. The molecule has 0 saturated carbocycles. The predicted molar refractivity (Wildman–Crippen MR) is 143 cm³/mol. The van der Waals surface area contributed by atoms with E-state index in [-0.39, 0.29) is 12.5 Å². The topological polar surface area (TPSA) is 104 Å². The molecule has 1 aliphatic heterocycles. The molecule has 2 aromatic heterocycles. The number of ether oxygens (including phenoxy) is 2. The molecular formula is C28H35N5O4. The highest BCUT2D eigenvalue weighted by Gasteiger charge is 2.29. The standard InChI is InChI=1S/C28H35N5O4/c1-18-4-7-22(26(14-18)36-2)24-9-6-20-16-29-28(31-33(20)24)30-23-8-5-19(15-27(23)37-3)21-10-11-32(12-13-34)17-25(21)35/h5-9,14-16,18,21,25,34-35H,4,10-13,17H2,1-3H3,(H,30,31)/t18?,21?,25-/m0/s1. The van der Waals surface area contributed by atoms with Crippen molar-refractivity contribution in [2.75, 3.05) is 45.8 Å². The Morgan fingerprint density at radius 3 is 2.78 bits per heavy atom. The third kappa shape index (κ3) is 5.20. The molecule has 3 N–H and O–H groups in total. The second kappa shape index (κ2) is 10.9. The highest BCUT2D eigenvalue weighted by atomic mass is 16.5. The number of anilines is 2. The van der Waals surface area contributed by atoms with Crippen molar-refractivity contribution in [3.63, 3.8) is 0 Å². The van der Waals surface area contributed by atoms with E-state index in [0.29, 0.717) is 30.7 Å². The minimum absolute atomic E-state index is 0.0162. The van der Waals surface area contributed by atoms with Crippen molar-refractivity contribution in [1.82, 2.24) is 19.5 Å². The van der Waals surface area contributed by atoms with Crippen LogP contribution in [0.4, 0.5) is 11.6 Å². The molecule has 3 heterocycles. The number of nitrogens with zero attached hydrogens (tertiary/aromatic N) is 4. The van der Waals surface area contributed by atoms with Gasteiger partial charge in [-0.05, 0) is 61.2 Å². The normalized spacial score (nSPS) is 22.5. The number of methoxy groups -OCH3 is 2. The van der Waals surface area contributed by atoms with Gasteiger partial charge in [-0.15, -0.1) is 5.10 Å². The van der Waals surface area contributed by atoms with Gasteiger partial charge < -0.3 is 25.0 Å². The molecule has 5 rings (SSSR count). The van der Waals surface area contributed by atoms with Crippen LogP contribution in [0.3, 0.4) is 0 Å². The van der Waals surface area contributed by atoms with Gasteiger partial charge in [0.15, 0.2) is 0 Å². The lowest BCUT2D eigenvalue weighted by molar-refractivity contribution is 0.0434. The summed E-state index contributed by atoms with van der Waals surface area (Å²) in [4.78, 5) is 6.60. The molecule has 9 heteroatoms. The molecule has 196 valence electrons. The van der Waals surface area contributed by atoms with Crippen molar-refractivity contribution in [2.24, 2.45) is 5.92 Å². The van der Waals surface area contributed by atoms with Crippen LogP contribution in [0.25, 0.3) is 11.1 Å². The molecule has 3 aromatic rings. The van der Waals surface area contributed by atoms with Crippen molar-refractivity contribution in [3.8, 4) is 5.75 Å². The van der Waals surface area contributed by atoms with E-state index in [4.69, 9.17) is 14.6 Å². The first kappa shape index (κ1) is 25.3. The minimum atomic E-state index is -0.496. The minimum Gasteiger partial charge on any atom is -0.496 e. The first-order valence-electron chi connectivity index (χ1n) is 12.8. The van der Waals surface area contributed by atoms with E-state index in [0.717, 1.165) is 53.2 Å². The number of nitrogens with one attached hydrogen (secondary N) is 1. The maximum atomic E-state index is 10.7. The van der Waals surface area contributed by atoms with Crippen molar-refractivity contribution in [2.45, 2.75) is 31.8 Å². The quantitative estimate of drug-likeness (QED) is 0.427. The Morgan fingerprint density at radius 1 is 1.16 bits per heavy atom. The van der Waals surface area contributed by atoms with Crippen molar-refractivity contribution in [1.29, 1.82) is 0 Å². The van der Waals surface area contributed by atoms with Gasteiger partial charge in [0.25, 0.3) is 0 Å². The van der Waals surface area contributed by atoms with E-state index >= 15 is 0 Å². The van der Waals surface area contributed by atoms with Crippen molar-refractivity contribution < 1.29 is 19.7 Å². The van der Waals surface area contributed by atoms with Crippen molar-refractivity contribution in [3.05, 3.63) is 65.7 Å². The van der Waals surface area contributed by atoms with Crippen LogP contribution in [0.2, 0.25) is 0 Å². The molecule has 1 aromatic carbocycles. The summed E-state index contributed by atoms with van der Waals surface area (Å²) in [5, 5.41) is 28.0. The smallest absolute Gasteiger partial charge is 0.245 e. The van der Waals surface area contributed by atoms with Gasteiger partial charge >= 0.3 is 0 Å². The summed E-state index contributed by atoms with van der Waals surface area (Å²) in [6, 6.07) is 9.97. The number of aromatic nitrogens is 3. The molecule has 2 unspecified atom stereocenters. The fourth-order valence-electron chi connectivity index (χ4n) is 5.28. The summed E-state index contributed by atoms with van der Waals surface area (Å²) in [5.74, 6) is 2.41. The Bertz CT molecular complexity index is 1320. The zero-order chi connectivity index (χ0) is 25.9. The van der Waals surface area contributed by atoms with Crippen molar-refractivity contribution >= 4 is 22.7 Å². The Hall–Kier alpha value is -3.40. The zero-order valence-electron chi connectivity index (χ0n) is 21.6. The molecule has 1 aliphatic carbocycles.